The van der Waals surface area contributed by atoms with Gasteiger partial charge in [0, 0.05) is 18.7 Å². The molecule has 1 aliphatic rings. The number of morpholine rings is 1. The first-order valence-electron chi connectivity index (χ1n) is 6.06. The summed E-state index contributed by atoms with van der Waals surface area (Å²) in [6, 6.07) is 8.01. The second kappa shape index (κ2) is 4.88. The zero-order valence-corrected chi connectivity index (χ0v) is 10.2. The summed E-state index contributed by atoms with van der Waals surface area (Å²) >= 11 is 0. The minimum absolute atomic E-state index is 0.110. The molecule has 1 saturated heterocycles. The molecule has 1 unspecified atom stereocenters. The van der Waals surface area contributed by atoms with Crippen LogP contribution in [0.5, 0.6) is 0 Å². The van der Waals surface area contributed by atoms with E-state index in [2.05, 4.69) is 15.5 Å². The van der Waals surface area contributed by atoms with Crippen LogP contribution >= 0.6 is 0 Å². The van der Waals surface area contributed by atoms with Gasteiger partial charge in [-0.2, -0.15) is 4.98 Å². The molecule has 1 N–H and O–H groups in total. The zero-order chi connectivity index (χ0) is 12.4. The van der Waals surface area contributed by atoms with Gasteiger partial charge in [-0.25, -0.2) is 0 Å². The minimum atomic E-state index is -0.110. The first-order valence-corrected chi connectivity index (χ1v) is 6.06. The van der Waals surface area contributed by atoms with Crippen molar-refractivity contribution in [1.82, 2.24) is 15.5 Å². The molecule has 1 aromatic carbocycles. The highest BCUT2D eigenvalue weighted by Crippen LogP contribution is 2.21. The van der Waals surface area contributed by atoms with Crippen LogP contribution in [0.3, 0.4) is 0 Å². The summed E-state index contributed by atoms with van der Waals surface area (Å²) in [5.74, 6) is 1.15. The second-order valence-corrected chi connectivity index (χ2v) is 4.39. The van der Waals surface area contributed by atoms with E-state index in [-0.39, 0.29) is 6.10 Å². The molecule has 1 aromatic heterocycles. The molecule has 5 nitrogen and oxygen atoms in total. The number of hydrogen-bond donors (Lipinski definition) is 1. The number of nitrogens with zero attached hydrogens (tertiary/aromatic N) is 2. The van der Waals surface area contributed by atoms with Gasteiger partial charge in [0.15, 0.2) is 0 Å². The number of rotatable bonds is 2. The van der Waals surface area contributed by atoms with E-state index < -0.39 is 0 Å². The van der Waals surface area contributed by atoms with Crippen molar-refractivity contribution in [3.05, 3.63) is 35.7 Å². The Kier molecular flexibility index (Phi) is 3.08. The Bertz CT molecular complexity index is 515. The Labute approximate surface area is 105 Å². The first-order chi connectivity index (χ1) is 8.83. The topological polar surface area (TPSA) is 60.2 Å². The summed E-state index contributed by atoms with van der Waals surface area (Å²) in [4.78, 5) is 4.39. The van der Waals surface area contributed by atoms with E-state index in [4.69, 9.17) is 9.26 Å². The lowest BCUT2D eigenvalue weighted by Crippen LogP contribution is -2.33. The van der Waals surface area contributed by atoms with Crippen LogP contribution in [-0.4, -0.2) is 29.8 Å². The maximum absolute atomic E-state index is 5.58. The van der Waals surface area contributed by atoms with E-state index in [0.717, 1.165) is 18.7 Å². The fourth-order valence-electron chi connectivity index (χ4n) is 1.91. The molecule has 1 fully saturated rings. The molecule has 1 atom stereocenters. The molecule has 2 aromatic rings. The average Bonchev–Trinajstić information content (AvgIpc) is 2.90. The third kappa shape index (κ3) is 2.27. The van der Waals surface area contributed by atoms with Gasteiger partial charge in [-0.15, -0.1) is 0 Å². The number of hydrogen-bond acceptors (Lipinski definition) is 5. The lowest BCUT2D eigenvalue weighted by atomic mass is 10.1. The first kappa shape index (κ1) is 11.4. The van der Waals surface area contributed by atoms with Crippen molar-refractivity contribution in [3.63, 3.8) is 0 Å². The maximum atomic E-state index is 5.58. The number of aromatic nitrogens is 2. The monoisotopic (exact) mass is 245 g/mol. The van der Waals surface area contributed by atoms with E-state index in [0.29, 0.717) is 18.3 Å². The van der Waals surface area contributed by atoms with E-state index in [9.17, 15) is 0 Å². The number of benzene rings is 1. The normalized spacial score (nSPS) is 19.9. The largest absolute Gasteiger partial charge is 0.367 e. The van der Waals surface area contributed by atoms with Crippen molar-refractivity contribution in [2.24, 2.45) is 0 Å². The van der Waals surface area contributed by atoms with Crippen molar-refractivity contribution in [1.29, 1.82) is 0 Å². The predicted molar refractivity (Wildman–Crippen MR) is 66.0 cm³/mol. The van der Waals surface area contributed by atoms with E-state index in [1.807, 2.05) is 31.2 Å². The fourth-order valence-corrected chi connectivity index (χ4v) is 1.91. The quantitative estimate of drug-likeness (QED) is 0.872. The molecule has 2 heterocycles. The molecule has 1 aliphatic heterocycles. The molecular formula is C13H15N3O2. The number of ether oxygens (including phenoxy) is 1. The van der Waals surface area contributed by atoms with Gasteiger partial charge in [-0.1, -0.05) is 22.9 Å². The molecule has 0 radical (unpaired) electrons. The SMILES string of the molecule is Cc1ccc(-c2nc(C3CNCCO3)no2)cc1. The Hall–Kier alpha value is -1.72. The molecule has 0 saturated carbocycles. The van der Waals surface area contributed by atoms with Crippen molar-refractivity contribution in [2.45, 2.75) is 13.0 Å². The van der Waals surface area contributed by atoms with E-state index in [1.165, 1.54) is 5.56 Å². The highest BCUT2D eigenvalue weighted by molar-refractivity contribution is 5.53. The lowest BCUT2D eigenvalue weighted by molar-refractivity contribution is 0.0208. The minimum Gasteiger partial charge on any atom is -0.367 e. The van der Waals surface area contributed by atoms with Gasteiger partial charge in [-0.05, 0) is 19.1 Å². The molecule has 3 rings (SSSR count). The van der Waals surface area contributed by atoms with Crippen LogP contribution in [0.2, 0.25) is 0 Å². The summed E-state index contributed by atoms with van der Waals surface area (Å²) in [6.07, 6.45) is -0.110. The highest BCUT2D eigenvalue weighted by Gasteiger charge is 2.21. The summed E-state index contributed by atoms with van der Waals surface area (Å²) in [6.45, 7) is 4.33. The van der Waals surface area contributed by atoms with Crippen LogP contribution < -0.4 is 5.32 Å². The molecule has 0 amide bonds. The predicted octanol–water partition coefficient (Wildman–Crippen LogP) is 1.71. The second-order valence-electron chi connectivity index (χ2n) is 4.39. The third-order valence-electron chi connectivity index (χ3n) is 2.96. The van der Waals surface area contributed by atoms with Crippen molar-refractivity contribution in [3.8, 4) is 11.5 Å². The Morgan fingerprint density at radius 1 is 1.28 bits per heavy atom. The lowest BCUT2D eigenvalue weighted by Gasteiger charge is -2.20. The van der Waals surface area contributed by atoms with Gasteiger partial charge in [0.05, 0.1) is 6.61 Å². The van der Waals surface area contributed by atoms with Gasteiger partial charge in [-0.3, -0.25) is 0 Å². The van der Waals surface area contributed by atoms with Gasteiger partial charge in [0.2, 0.25) is 5.82 Å². The summed E-state index contributed by atoms with van der Waals surface area (Å²) in [7, 11) is 0. The van der Waals surface area contributed by atoms with E-state index in [1.54, 1.807) is 0 Å². The van der Waals surface area contributed by atoms with Gasteiger partial charge < -0.3 is 14.6 Å². The summed E-state index contributed by atoms with van der Waals surface area (Å²) in [5, 5.41) is 7.23. The van der Waals surface area contributed by atoms with E-state index >= 15 is 0 Å². The van der Waals surface area contributed by atoms with Crippen molar-refractivity contribution < 1.29 is 9.26 Å². The Morgan fingerprint density at radius 2 is 2.11 bits per heavy atom. The summed E-state index contributed by atoms with van der Waals surface area (Å²) in [5.41, 5.74) is 2.14. The van der Waals surface area contributed by atoms with Crippen LogP contribution in [0.25, 0.3) is 11.5 Å². The standard InChI is InChI=1S/C13H15N3O2/c1-9-2-4-10(5-3-9)13-15-12(16-18-13)11-8-14-6-7-17-11/h2-5,11,14H,6-8H2,1H3. The molecular weight excluding hydrogens is 230 g/mol. The maximum Gasteiger partial charge on any atom is 0.258 e. The van der Waals surface area contributed by atoms with Crippen molar-refractivity contribution in [2.75, 3.05) is 19.7 Å². The third-order valence-corrected chi connectivity index (χ3v) is 2.96. The van der Waals surface area contributed by atoms with Gasteiger partial charge >= 0.3 is 0 Å². The molecule has 0 spiro atoms. The molecule has 0 bridgehead atoms. The van der Waals surface area contributed by atoms with Crippen LogP contribution in [0.1, 0.15) is 17.5 Å². The Morgan fingerprint density at radius 3 is 2.83 bits per heavy atom. The van der Waals surface area contributed by atoms with Crippen LogP contribution in [0, 0.1) is 6.92 Å². The zero-order valence-electron chi connectivity index (χ0n) is 10.2. The van der Waals surface area contributed by atoms with Crippen LogP contribution in [-0.2, 0) is 4.74 Å². The number of nitrogens with one attached hydrogen (secondary N) is 1. The fraction of sp³-hybridized carbons (Fsp3) is 0.385. The van der Waals surface area contributed by atoms with Crippen LogP contribution in [0.15, 0.2) is 28.8 Å². The number of aryl methyl sites for hydroxylation is 1. The smallest absolute Gasteiger partial charge is 0.258 e. The molecule has 94 valence electrons. The van der Waals surface area contributed by atoms with Crippen molar-refractivity contribution >= 4 is 0 Å². The molecule has 18 heavy (non-hydrogen) atoms. The van der Waals surface area contributed by atoms with Gasteiger partial charge in [0.25, 0.3) is 5.89 Å². The van der Waals surface area contributed by atoms with Gasteiger partial charge in [0.1, 0.15) is 6.10 Å². The average molecular weight is 245 g/mol. The molecule has 5 heteroatoms. The summed E-state index contributed by atoms with van der Waals surface area (Å²) < 4.78 is 10.9. The molecule has 0 aliphatic carbocycles. The Balaban J connectivity index is 1.82. The highest BCUT2D eigenvalue weighted by atomic mass is 16.5. The van der Waals surface area contributed by atoms with Crippen LogP contribution in [0.4, 0.5) is 0 Å².